The van der Waals surface area contributed by atoms with Gasteiger partial charge in [-0.25, -0.2) is 4.98 Å². The van der Waals surface area contributed by atoms with Gasteiger partial charge in [0, 0.05) is 38.2 Å². The number of benzene rings is 2. The zero-order valence-electron chi connectivity index (χ0n) is 13.9. The highest BCUT2D eigenvalue weighted by Gasteiger charge is 2.02. The number of nitrogens with zero attached hydrogens (tertiary/aromatic N) is 3. The lowest BCUT2D eigenvalue weighted by Crippen LogP contribution is -2.09. The van der Waals surface area contributed by atoms with Crippen LogP contribution in [-0.2, 0) is 6.54 Å². The fourth-order valence-corrected chi connectivity index (χ4v) is 2.30. The van der Waals surface area contributed by atoms with Gasteiger partial charge in [-0.1, -0.05) is 36.4 Å². The van der Waals surface area contributed by atoms with E-state index in [0.29, 0.717) is 5.95 Å². The summed E-state index contributed by atoms with van der Waals surface area (Å²) in [5, 5.41) is 6.57. The molecule has 24 heavy (non-hydrogen) atoms. The Morgan fingerprint density at radius 1 is 0.958 bits per heavy atom. The van der Waals surface area contributed by atoms with E-state index in [0.717, 1.165) is 23.7 Å². The molecule has 0 unspecified atom stereocenters. The van der Waals surface area contributed by atoms with Crippen LogP contribution in [0.4, 0.5) is 23.1 Å². The normalized spacial score (nSPS) is 10.2. The SMILES string of the molecule is CN(C)c1cccc(Nc2nccc(NCc3ccccc3)n2)c1. The molecule has 0 amide bonds. The molecule has 0 atom stereocenters. The Kier molecular flexibility index (Phi) is 4.91. The van der Waals surface area contributed by atoms with Crippen molar-refractivity contribution in [2.45, 2.75) is 6.54 Å². The first-order valence-electron chi connectivity index (χ1n) is 7.86. The third-order valence-corrected chi connectivity index (χ3v) is 3.59. The van der Waals surface area contributed by atoms with Gasteiger partial charge in [-0.3, -0.25) is 0 Å². The molecule has 0 aliphatic carbocycles. The molecule has 0 aliphatic rings. The maximum atomic E-state index is 4.51. The van der Waals surface area contributed by atoms with Crippen molar-refractivity contribution in [2.24, 2.45) is 0 Å². The third kappa shape index (κ3) is 4.23. The first kappa shape index (κ1) is 15.8. The summed E-state index contributed by atoms with van der Waals surface area (Å²) in [6.45, 7) is 0.730. The Morgan fingerprint density at radius 3 is 2.58 bits per heavy atom. The van der Waals surface area contributed by atoms with Crippen molar-refractivity contribution in [2.75, 3.05) is 29.6 Å². The van der Waals surface area contributed by atoms with Gasteiger partial charge < -0.3 is 15.5 Å². The third-order valence-electron chi connectivity index (χ3n) is 3.59. The number of rotatable bonds is 6. The predicted octanol–water partition coefficient (Wildman–Crippen LogP) is 3.90. The minimum absolute atomic E-state index is 0.573. The molecule has 0 fully saturated rings. The molecular weight excluding hydrogens is 298 g/mol. The average Bonchev–Trinajstić information content (AvgIpc) is 2.61. The second-order valence-corrected chi connectivity index (χ2v) is 5.67. The van der Waals surface area contributed by atoms with E-state index >= 15 is 0 Å². The molecule has 0 aliphatic heterocycles. The van der Waals surface area contributed by atoms with Crippen LogP contribution < -0.4 is 15.5 Å². The standard InChI is InChI=1S/C19H21N5/c1-24(2)17-10-6-9-16(13-17)22-19-20-12-11-18(23-19)21-14-15-7-4-3-5-8-15/h3-13H,14H2,1-2H3,(H2,20,21,22,23). The van der Waals surface area contributed by atoms with E-state index in [1.165, 1.54) is 5.56 Å². The summed E-state index contributed by atoms with van der Waals surface area (Å²) >= 11 is 0. The average molecular weight is 319 g/mol. The molecule has 2 aromatic carbocycles. The lowest BCUT2D eigenvalue weighted by atomic mass is 10.2. The number of anilines is 4. The van der Waals surface area contributed by atoms with Crippen molar-refractivity contribution in [3.63, 3.8) is 0 Å². The Hall–Kier alpha value is -3.08. The van der Waals surface area contributed by atoms with Crippen molar-refractivity contribution in [1.82, 2.24) is 9.97 Å². The highest BCUT2D eigenvalue weighted by Crippen LogP contribution is 2.20. The summed E-state index contributed by atoms with van der Waals surface area (Å²) in [4.78, 5) is 10.9. The van der Waals surface area contributed by atoms with Crippen LogP contribution in [0.15, 0.2) is 66.9 Å². The molecule has 0 saturated heterocycles. The Balaban J connectivity index is 1.68. The van der Waals surface area contributed by atoms with E-state index in [-0.39, 0.29) is 0 Å². The molecule has 0 bridgehead atoms. The van der Waals surface area contributed by atoms with E-state index in [1.54, 1.807) is 6.20 Å². The van der Waals surface area contributed by atoms with Gasteiger partial charge in [-0.05, 0) is 29.8 Å². The molecule has 3 aromatic rings. The molecule has 0 saturated carbocycles. The van der Waals surface area contributed by atoms with Crippen LogP contribution in [0.5, 0.6) is 0 Å². The lowest BCUT2D eigenvalue weighted by molar-refractivity contribution is 1.08. The van der Waals surface area contributed by atoms with Crippen LogP contribution in [0.25, 0.3) is 0 Å². The molecule has 3 rings (SSSR count). The second-order valence-electron chi connectivity index (χ2n) is 5.67. The largest absolute Gasteiger partial charge is 0.378 e. The fourth-order valence-electron chi connectivity index (χ4n) is 2.30. The van der Waals surface area contributed by atoms with Crippen molar-refractivity contribution >= 4 is 23.1 Å². The molecule has 5 nitrogen and oxygen atoms in total. The highest BCUT2D eigenvalue weighted by atomic mass is 15.1. The van der Waals surface area contributed by atoms with Gasteiger partial charge in [0.1, 0.15) is 5.82 Å². The number of hydrogen-bond donors (Lipinski definition) is 2. The molecule has 2 N–H and O–H groups in total. The van der Waals surface area contributed by atoms with E-state index < -0.39 is 0 Å². The van der Waals surface area contributed by atoms with Crippen LogP contribution in [0.1, 0.15) is 5.56 Å². The molecule has 1 aromatic heterocycles. The summed E-state index contributed by atoms with van der Waals surface area (Å²) in [6, 6.07) is 20.2. The molecule has 122 valence electrons. The number of nitrogens with one attached hydrogen (secondary N) is 2. The quantitative estimate of drug-likeness (QED) is 0.722. The molecule has 5 heteroatoms. The highest BCUT2D eigenvalue weighted by molar-refractivity contribution is 5.62. The van der Waals surface area contributed by atoms with E-state index in [1.807, 2.05) is 50.5 Å². The Bertz CT molecular complexity index is 787. The van der Waals surface area contributed by atoms with Gasteiger partial charge in [0.15, 0.2) is 0 Å². The van der Waals surface area contributed by atoms with Crippen LogP contribution in [-0.4, -0.2) is 24.1 Å². The summed E-state index contributed by atoms with van der Waals surface area (Å²) < 4.78 is 0. The van der Waals surface area contributed by atoms with Crippen molar-refractivity contribution in [3.8, 4) is 0 Å². The molecule has 1 heterocycles. The minimum Gasteiger partial charge on any atom is -0.378 e. The maximum absolute atomic E-state index is 4.51. The zero-order chi connectivity index (χ0) is 16.8. The van der Waals surface area contributed by atoms with Gasteiger partial charge >= 0.3 is 0 Å². The predicted molar refractivity (Wildman–Crippen MR) is 99.9 cm³/mol. The number of aromatic nitrogens is 2. The number of hydrogen-bond acceptors (Lipinski definition) is 5. The van der Waals surface area contributed by atoms with Crippen molar-refractivity contribution in [3.05, 3.63) is 72.4 Å². The minimum atomic E-state index is 0.573. The molecule has 0 spiro atoms. The molecule has 0 radical (unpaired) electrons. The van der Waals surface area contributed by atoms with Crippen LogP contribution in [0.2, 0.25) is 0 Å². The summed E-state index contributed by atoms with van der Waals surface area (Å²) in [5.74, 6) is 1.36. The summed E-state index contributed by atoms with van der Waals surface area (Å²) in [7, 11) is 4.04. The van der Waals surface area contributed by atoms with Crippen molar-refractivity contribution < 1.29 is 0 Å². The van der Waals surface area contributed by atoms with Crippen molar-refractivity contribution in [1.29, 1.82) is 0 Å². The zero-order valence-corrected chi connectivity index (χ0v) is 13.9. The van der Waals surface area contributed by atoms with E-state index in [2.05, 4.69) is 49.8 Å². The monoisotopic (exact) mass is 319 g/mol. The van der Waals surface area contributed by atoms with Crippen LogP contribution in [0, 0.1) is 0 Å². The maximum Gasteiger partial charge on any atom is 0.229 e. The smallest absolute Gasteiger partial charge is 0.229 e. The van der Waals surface area contributed by atoms with Gasteiger partial charge in [0.05, 0.1) is 0 Å². The van der Waals surface area contributed by atoms with Crippen LogP contribution >= 0.6 is 0 Å². The van der Waals surface area contributed by atoms with Gasteiger partial charge in [-0.2, -0.15) is 4.98 Å². The topological polar surface area (TPSA) is 53.1 Å². The second kappa shape index (κ2) is 7.46. The summed E-state index contributed by atoms with van der Waals surface area (Å²) in [5.41, 5.74) is 3.30. The Labute approximate surface area is 142 Å². The molecular formula is C19H21N5. The summed E-state index contributed by atoms with van der Waals surface area (Å²) in [6.07, 6.45) is 1.75. The Morgan fingerprint density at radius 2 is 1.79 bits per heavy atom. The van der Waals surface area contributed by atoms with Gasteiger partial charge in [0.25, 0.3) is 0 Å². The van der Waals surface area contributed by atoms with Crippen LogP contribution in [0.3, 0.4) is 0 Å². The fraction of sp³-hybridized carbons (Fsp3) is 0.158. The van der Waals surface area contributed by atoms with Gasteiger partial charge in [-0.15, -0.1) is 0 Å². The van der Waals surface area contributed by atoms with E-state index in [4.69, 9.17) is 0 Å². The first-order valence-corrected chi connectivity index (χ1v) is 7.86. The van der Waals surface area contributed by atoms with Gasteiger partial charge in [0.2, 0.25) is 5.95 Å². The first-order chi connectivity index (χ1) is 11.7. The lowest BCUT2D eigenvalue weighted by Gasteiger charge is -2.14. The van der Waals surface area contributed by atoms with E-state index in [9.17, 15) is 0 Å².